The normalized spacial score (nSPS) is 16.3. The molecule has 0 spiro atoms. The molecule has 0 aliphatic carbocycles. The van der Waals surface area contributed by atoms with Gasteiger partial charge < -0.3 is 8.37 Å². The molecular weight excluding hydrogens is 228 g/mol. The van der Waals surface area contributed by atoms with Gasteiger partial charge in [-0.15, -0.1) is 0 Å². The van der Waals surface area contributed by atoms with Gasteiger partial charge in [-0.3, -0.25) is 0 Å². The molecule has 2 aliphatic heterocycles. The molecule has 2 rings (SSSR count). The summed E-state index contributed by atoms with van der Waals surface area (Å²) in [5.74, 6) is 0.388. The third kappa shape index (κ3) is 2.93. The maximum Gasteiger partial charge on any atom is 0.423 e. The van der Waals surface area contributed by atoms with Gasteiger partial charge >= 0.3 is 23.2 Å². The van der Waals surface area contributed by atoms with Crippen LogP contribution in [-0.2, 0) is 19.7 Å². The maximum atomic E-state index is 11.3. The molecular formula is C10H6N2O3S+2. The second kappa shape index (κ2) is 5.09. The molecule has 0 fully saturated rings. The van der Waals surface area contributed by atoms with Crippen LogP contribution in [0.15, 0.2) is 46.7 Å². The molecule has 0 bridgehead atoms. The summed E-state index contributed by atoms with van der Waals surface area (Å²) in [5.41, 5.74) is 0. The molecule has 0 aromatic heterocycles. The van der Waals surface area contributed by atoms with Gasteiger partial charge in [0.2, 0.25) is 0 Å². The Morgan fingerprint density at radius 1 is 1.00 bits per heavy atom. The second-order valence-electron chi connectivity index (χ2n) is 2.56. The molecule has 6 heteroatoms. The van der Waals surface area contributed by atoms with E-state index < -0.39 is 11.4 Å². The number of nitrogens with zero attached hydrogens (tertiary/aromatic N) is 2. The van der Waals surface area contributed by atoms with Crippen molar-refractivity contribution < 1.29 is 12.6 Å². The lowest BCUT2D eigenvalue weighted by Crippen LogP contribution is -2.12. The van der Waals surface area contributed by atoms with E-state index in [1.807, 2.05) is 0 Å². The monoisotopic (exact) mass is 234 g/mol. The zero-order chi connectivity index (χ0) is 11.2. The molecule has 0 aromatic carbocycles. The Morgan fingerprint density at radius 2 is 1.50 bits per heavy atom. The van der Waals surface area contributed by atoms with Gasteiger partial charge in [0.15, 0.2) is 24.6 Å². The number of hydrogen-bond acceptors (Lipinski definition) is 5. The van der Waals surface area contributed by atoms with Crippen LogP contribution in [0.2, 0.25) is 0 Å². The fourth-order valence-electron chi connectivity index (χ4n) is 0.868. The number of allylic oxidation sites excluding steroid dienone is 4. The molecule has 0 saturated heterocycles. The molecule has 2 heterocycles. The first-order valence-electron chi connectivity index (χ1n) is 4.27. The van der Waals surface area contributed by atoms with Crippen LogP contribution in [0.1, 0.15) is 0 Å². The molecule has 2 aliphatic rings. The predicted octanol–water partition coefficient (Wildman–Crippen LogP) is 1.17. The highest BCUT2D eigenvalue weighted by atomic mass is 32.2. The number of rotatable bonds is 2. The van der Waals surface area contributed by atoms with Crippen molar-refractivity contribution in [1.82, 2.24) is 0 Å². The molecule has 5 nitrogen and oxygen atoms in total. The minimum atomic E-state index is -1.97. The van der Waals surface area contributed by atoms with Gasteiger partial charge in [-0.05, 0) is 0 Å². The van der Waals surface area contributed by atoms with Gasteiger partial charge in [0.25, 0.3) is 0 Å². The molecule has 0 atom stereocenters. The highest BCUT2D eigenvalue weighted by Gasteiger charge is 2.16. The summed E-state index contributed by atoms with van der Waals surface area (Å²) in [4.78, 5) is 7.57. The summed E-state index contributed by atoms with van der Waals surface area (Å²) in [6, 6.07) is 0. The van der Waals surface area contributed by atoms with E-state index in [1.54, 1.807) is 12.2 Å². The zero-order valence-electron chi connectivity index (χ0n) is 7.99. The van der Waals surface area contributed by atoms with Gasteiger partial charge in [-0.25, -0.2) is 0 Å². The lowest BCUT2D eigenvalue weighted by atomic mass is 10.4. The number of hydrogen-bond donors (Lipinski definition) is 0. The zero-order valence-corrected chi connectivity index (χ0v) is 8.81. The van der Waals surface area contributed by atoms with E-state index in [4.69, 9.17) is 8.37 Å². The van der Waals surface area contributed by atoms with E-state index in [0.29, 0.717) is 0 Å². The van der Waals surface area contributed by atoms with E-state index in [2.05, 4.69) is 22.1 Å². The van der Waals surface area contributed by atoms with Crippen LogP contribution in [0, 0.1) is 12.2 Å². The molecule has 0 aromatic rings. The van der Waals surface area contributed by atoms with Gasteiger partial charge in [0.1, 0.15) is 24.3 Å². The minimum absolute atomic E-state index is 0.194. The molecule has 0 saturated carbocycles. The Bertz CT molecular complexity index is 430. The van der Waals surface area contributed by atoms with Crippen LogP contribution in [0.4, 0.5) is 0 Å². The van der Waals surface area contributed by atoms with Crippen molar-refractivity contribution in [1.29, 1.82) is 0 Å². The first-order valence-corrected chi connectivity index (χ1v) is 5.27. The standard InChI is InChI=1S/C10H6N2O3S/c13-16(14-9-5-1-3-7-11-9)15-10-6-2-4-8-12-10/h1-2,5-8H/q+2. The van der Waals surface area contributed by atoms with Crippen molar-refractivity contribution in [2.45, 2.75) is 0 Å². The van der Waals surface area contributed by atoms with E-state index in [-0.39, 0.29) is 11.8 Å². The Labute approximate surface area is 95.1 Å². The second-order valence-corrected chi connectivity index (χ2v) is 3.31. The highest BCUT2D eigenvalue weighted by molar-refractivity contribution is 7.76. The highest BCUT2D eigenvalue weighted by Crippen LogP contribution is 2.02. The first-order chi connectivity index (χ1) is 7.84. The van der Waals surface area contributed by atoms with Crippen molar-refractivity contribution in [2.24, 2.45) is 9.98 Å². The molecule has 0 N–H and O–H groups in total. The SMILES string of the molecule is O=S(OC1=NC=[C+]C=C1)OC1=NC=[C+]C=C1. The largest absolute Gasteiger partial charge is 0.423 e. The fraction of sp³-hybridized carbons (Fsp3) is 0. The predicted molar refractivity (Wildman–Crippen MR) is 59.1 cm³/mol. The van der Waals surface area contributed by atoms with E-state index in [0.717, 1.165) is 0 Å². The van der Waals surface area contributed by atoms with Crippen LogP contribution in [-0.4, -0.2) is 16.0 Å². The van der Waals surface area contributed by atoms with Crippen molar-refractivity contribution in [3.63, 3.8) is 0 Å². The van der Waals surface area contributed by atoms with Gasteiger partial charge in [-0.2, -0.15) is 14.2 Å². The average Bonchev–Trinajstić information content (AvgIpc) is 2.31. The lowest BCUT2D eigenvalue weighted by Gasteiger charge is -2.00. The molecule has 0 amide bonds. The van der Waals surface area contributed by atoms with Crippen LogP contribution in [0.25, 0.3) is 0 Å². The first kappa shape index (κ1) is 10.4. The number of aliphatic imine (C=N–C) groups is 2. The van der Waals surface area contributed by atoms with Gasteiger partial charge in [-0.1, -0.05) is 0 Å². The summed E-state index contributed by atoms with van der Waals surface area (Å²) >= 11 is -1.97. The summed E-state index contributed by atoms with van der Waals surface area (Å²) in [6.45, 7) is 0. The van der Waals surface area contributed by atoms with Crippen LogP contribution in [0.5, 0.6) is 0 Å². The van der Waals surface area contributed by atoms with Crippen molar-refractivity contribution in [3.05, 3.63) is 48.9 Å². The topological polar surface area (TPSA) is 60.2 Å². The van der Waals surface area contributed by atoms with E-state index >= 15 is 0 Å². The van der Waals surface area contributed by atoms with Gasteiger partial charge in [0.05, 0.1) is 0 Å². The molecule has 16 heavy (non-hydrogen) atoms. The van der Waals surface area contributed by atoms with E-state index in [9.17, 15) is 4.21 Å². The van der Waals surface area contributed by atoms with Crippen LogP contribution >= 0.6 is 0 Å². The Balaban J connectivity index is 1.90. The Morgan fingerprint density at radius 3 is 1.88 bits per heavy atom. The fourth-order valence-corrected chi connectivity index (χ4v) is 1.38. The molecule has 78 valence electrons. The van der Waals surface area contributed by atoms with Crippen LogP contribution < -0.4 is 0 Å². The third-order valence-electron chi connectivity index (χ3n) is 1.48. The van der Waals surface area contributed by atoms with Crippen LogP contribution in [0.3, 0.4) is 0 Å². The third-order valence-corrected chi connectivity index (χ3v) is 2.10. The summed E-state index contributed by atoms with van der Waals surface area (Å²) in [6.07, 6.45) is 14.5. The Kier molecular flexibility index (Phi) is 3.31. The quantitative estimate of drug-likeness (QED) is 0.674. The molecule has 0 radical (unpaired) electrons. The minimum Gasteiger partial charge on any atom is -0.331 e. The van der Waals surface area contributed by atoms with Crippen molar-refractivity contribution in [3.8, 4) is 0 Å². The lowest BCUT2D eigenvalue weighted by molar-refractivity contribution is 0.457. The Hall–Kier alpha value is -2.13. The molecule has 0 unspecified atom stereocenters. The average molecular weight is 234 g/mol. The van der Waals surface area contributed by atoms with Crippen molar-refractivity contribution in [2.75, 3.05) is 0 Å². The van der Waals surface area contributed by atoms with Gasteiger partial charge in [0, 0.05) is 0 Å². The summed E-state index contributed by atoms with van der Waals surface area (Å²) in [7, 11) is 0. The van der Waals surface area contributed by atoms with Crippen molar-refractivity contribution >= 4 is 23.2 Å². The smallest absolute Gasteiger partial charge is 0.331 e. The van der Waals surface area contributed by atoms with E-state index in [1.165, 1.54) is 24.6 Å². The summed E-state index contributed by atoms with van der Waals surface area (Å²) in [5, 5.41) is 0. The summed E-state index contributed by atoms with van der Waals surface area (Å²) < 4.78 is 21.1. The maximum absolute atomic E-state index is 11.3.